The first-order valence-corrected chi connectivity index (χ1v) is 6.51. The van der Waals surface area contributed by atoms with Gasteiger partial charge in [0.15, 0.2) is 0 Å². The van der Waals surface area contributed by atoms with Gasteiger partial charge in [-0.15, -0.1) is 0 Å². The van der Waals surface area contributed by atoms with Crippen molar-refractivity contribution in [3.05, 3.63) is 54.1 Å². The molecule has 0 unspecified atom stereocenters. The van der Waals surface area contributed by atoms with E-state index >= 15 is 0 Å². The normalized spacial score (nSPS) is 15.1. The summed E-state index contributed by atoms with van der Waals surface area (Å²) in [6.45, 7) is 2.11. The Morgan fingerprint density at radius 3 is 2.53 bits per heavy atom. The van der Waals surface area contributed by atoms with Crippen LogP contribution in [0.1, 0.15) is 11.5 Å². The Kier molecular flexibility index (Phi) is 3.03. The lowest BCUT2D eigenvalue weighted by atomic mass is 9.91. The van der Waals surface area contributed by atoms with E-state index in [0.29, 0.717) is 11.6 Å². The fraction of sp³-hybridized carbons (Fsp3) is 0.250. The third-order valence-electron chi connectivity index (χ3n) is 3.73. The molecule has 0 radical (unpaired) electrons. The molecule has 0 aromatic heterocycles. The average Bonchev–Trinajstić information content (AvgIpc) is 2.40. The quantitative estimate of drug-likeness (QED) is 0.856. The topological polar surface area (TPSA) is 38.5 Å². The van der Waals surface area contributed by atoms with Gasteiger partial charge >= 0.3 is 0 Å². The van der Waals surface area contributed by atoms with Crippen LogP contribution in [0.2, 0.25) is 0 Å². The molecule has 98 valence electrons. The van der Waals surface area contributed by atoms with Crippen LogP contribution in [0.25, 0.3) is 0 Å². The second kappa shape index (κ2) is 4.84. The molecule has 2 aromatic rings. The maximum atomic E-state index is 5.83. The predicted octanol–water partition coefficient (Wildman–Crippen LogP) is 2.88. The molecule has 0 spiro atoms. The van der Waals surface area contributed by atoms with Gasteiger partial charge in [0, 0.05) is 30.8 Å². The molecule has 0 aliphatic carbocycles. The molecule has 3 rings (SSSR count). The summed E-state index contributed by atoms with van der Waals surface area (Å²) >= 11 is 0. The van der Waals surface area contributed by atoms with Crippen molar-refractivity contribution in [2.75, 3.05) is 30.8 Å². The van der Waals surface area contributed by atoms with Gasteiger partial charge in [-0.25, -0.2) is 0 Å². The van der Waals surface area contributed by atoms with Crippen molar-refractivity contribution in [1.29, 1.82) is 0 Å². The molecule has 0 saturated carbocycles. The second-order valence-electron chi connectivity index (χ2n) is 4.94. The van der Waals surface area contributed by atoms with Crippen molar-refractivity contribution >= 4 is 11.4 Å². The summed E-state index contributed by atoms with van der Waals surface area (Å²) < 4.78 is 5.26. The smallest absolute Gasteiger partial charge is 0.143 e. The van der Waals surface area contributed by atoms with E-state index in [-0.39, 0.29) is 0 Å². The Labute approximate surface area is 113 Å². The van der Waals surface area contributed by atoms with E-state index in [1.54, 1.807) is 7.11 Å². The Hall–Kier alpha value is -2.16. The largest absolute Gasteiger partial charge is 0.495 e. The minimum absolute atomic E-state index is 0.629. The highest BCUT2D eigenvalue weighted by Gasteiger charge is 2.28. The number of methoxy groups -OCH3 is 1. The van der Waals surface area contributed by atoms with Gasteiger partial charge in [-0.2, -0.15) is 0 Å². The van der Waals surface area contributed by atoms with Gasteiger partial charge < -0.3 is 15.4 Å². The molecule has 0 amide bonds. The molecule has 3 nitrogen and oxygen atoms in total. The van der Waals surface area contributed by atoms with Crippen LogP contribution >= 0.6 is 0 Å². The zero-order valence-corrected chi connectivity index (χ0v) is 11.0. The van der Waals surface area contributed by atoms with E-state index in [0.717, 1.165) is 18.8 Å². The van der Waals surface area contributed by atoms with Crippen LogP contribution in [-0.2, 0) is 0 Å². The number of nitrogens with two attached hydrogens (primary N) is 1. The lowest BCUT2D eigenvalue weighted by molar-refractivity contribution is 0.416. The van der Waals surface area contributed by atoms with E-state index < -0.39 is 0 Å². The monoisotopic (exact) mass is 254 g/mol. The van der Waals surface area contributed by atoms with Crippen LogP contribution in [0.5, 0.6) is 5.75 Å². The van der Waals surface area contributed by atoms with Gasteiger partial charge in [0.25, 0.3) is 0 Å². The first-order chi connectivity index (χ1) is 9.28. The lowest BCUT2D eigenvalue weighted by Crippen LogP contribution is -2.45. The fourth-order valence-corrected chi connectivity index (χ4v) is 2.52. The van der Waals surface area contributed by atoms with Gasteiger partial charge in [-0.1, -0.05) is 30.3 Å². The molecule has 2 N–H and O–H groups in total. The number of benzene rings is 2. The SMILES string of the molecule is COc1cc(N2CC(c3ccccc3)C2)ccc1N. The number of hydrogen-bond donors (Lipinski definition) is 1. The Morgan fingerprint density at radius 1 is 1.11 bits per heavy atom. The molecular weight excluding hydrogens is 236 g/mol. The van der Waals surface area contributed by atoms with E-state index in [4.69, 9.17) is 10.5 Å². The van der Waals surface area contributed by atoms with Gasteiger partial charge in [-0.3, -0.25) is 0 Å². The highest BCUT2D eigenvalue weighted by molar-refractivity contribution is 5.63. The number of nitrogen functional groups attached to an aromatic ring is 1. The Morgan fingerprint density at radius 2 is 1.84 bits per heavy atom. The summed E-state index contributed by atoms with van der Waals surface area (Å²) in [5, 5.41) is 0. The zero-order chi connectivity index (χ0) is 13.2. The summed E-state index contributed by atoms with van der Waals surface area (Å²) in [6.07, 6.45) is 0. The Balaban J connectivity index is 1.71. The third-order valence-corrected chi connectivity index (χ3v) is 3.73. The summed E-state index contributed by atoms with van der Waals surface area (Å²) in [4.78, 5) is 2.35. The third kappa shape index (κ3) is 2.24. The van der Waals surface area contributed by atoms with Gasteiger partial charge in [0.1, 0.15) is 5.75 Å². The summed E-state index contributed by atoms with van der Waals surface area (Å²) in [5.74, 6) is 1.38. The molecule has 0 atom stereocenters. The second-order valence-corrected chi connectivity index (χ2v) is 4.94. The predicted molar refractivity (Wildman–Crippen MR) is 78.8 cm³/mol. The average molecular weight is 254 g/mol. The van der Waals surface area contributed by atoms with Crippen LogP contribution in [0.15, 0.2) is 48.5 Å². The first kappa shape index (κ1) is 11.9. The van der Waals surface area contributed by atoms with Crippen molar-refractivity contribution in [3.8, 4) is 5.75 Å². The highest BCUT2D eigenvalue weighted by atomic mass is 16.5. The van der Waals surface area contributed by atoms with Crippen molar-refractivity contribution < 1.29 is 4.74 Å². The molecule has 1 aliphatic heterocycles. The van der Waals surface area contributed by atoms with E-state index in [1.165, 1.54) is 11.3 Å². The van der Waals surface area contributed by atoms with Gasteiger partial charge in [0.05, 0.1) is 12.8 Å². The van der Waals surface area contributed by atoms with E-state index in [2.05, 4.69) is 41.3 Å². The van der Waals surface area contributed by atoms with E-state index in [9.17, 15) is 0 Å². The highest BCUT2D eigenvalue weighted by Crippen LogP contribution is 2.34. The van der Waals surface area contributed by atoms with Crippen LogP contribution in [0.3, 0.4) is 0 Å². The maximum absolute atomic E-state index is 5.83. The summed E-state index contributed by atoms with van der Waals surface area (Å²) in [7, 11) is 1.65. The lowest BCUT2D eigenvalue weighted by Gasteiger charge is -2.41. The van der Waals surface area contributed by atoms with Crippen LogP contribution in [0, 0.1) is 0 Å². The van der Waals surface area contributed by atoms with Crippen LogP contribution in [-0.4, -0.2) is 20.2 Å². The van der Waals surface area contributed by atoms with Crippen molar-refractivity contribution in [1.82, 2.24) is 0 Å². The molecule has 1 fully saturated rings. The molecule has 1 aliphatic rings. The molecule has 19 heavy (non-hydrogen) atoms. The Bertz CT molecular complexity index is 562. The summed E-state index contributed by atoms with van der Waals surface area (Å²) in [5.41, 5.74) is 9.12. The van der Waals surface area contributed by atoms with Crippen LogP contribution < -0.4 is 15.4 Å². The van der Waals surface area contributed by atoms with Crippen molar-refractivity contribution in [3.63, 3.8) is 0 Å². The molecule has 2 aromatic carbocycles. The molecular formula is C16H18N2O. The minimum atomic E-state index is 0.629. The number of nitrogens with zero attached hydrogens (tertiary/aromatic N) is 1. The van der Waals surface area contributed by atoms with E-state index in [1.807, 2.05) is 12.1 Å². The van der Waals surface area contributed by atoms with Gasteiger partial charge in [-0.05, 0) is 17.7 Å². The number of anilines is 2. The molecule has 0 bridgehead atoms. The summed E-state index contributed by atoms with van der Waals surface area (Å²) in [6, 6.07) is 16.6. The zero-order valence-electron chi connectivity index (χ0n) is 11.0. The number of ether oxygens (including phenoxy) is 1. The molecule has 1 heterocycles. The van der Waals surface area contributed by atoms with Crippen LogP contribution in [0.4, 0.5) is 11.4 Å². The molecule has 3 heteroatoms. The number of hydrogen-bond acceptors (Lipinski definition) is 3. The van der Waals surface area contributed by atoms with Crippen molar-refractivity contribution in [2.45, 2.75) is 5.92 Å². The van der Waals surface area contributed by atoms with Crippen molar-refractivity contribution in [2.24, 2.45) is 0 Å². The minimum Gasteiger partial charge on any atom is -0.495 e. The maximum Gasteiger partial charge on any atom is 0.143 e. The first-order valence-electron chi connectivity index (χ1n) is 6.51. The van der Waals surface area contributed by atoms with Gasteiger partial charge in [0.2, 0.25) is 0 Å². The fourth-order valence-electron chi connectivity index (χ4n) is 2.52. The standard InChI is InChI=1S/C16H18N2O/c1-19-16-9-14(7-8-15(16)17)18-10-13(11-18)12-5-3-2-4-6-12/h2-9,13H,10-11,17H2,1H3. The number of rotatable bonds is 3. The molecule has 1 saturated heterocycles.